The predicted octanol–water partition coefficient (Wildman–Crippen LogP) is 3.02. The van der Waals surface area contributed by atoms with Gasteiger partial charge in [-0.25, -0.2) is 9.98 Å². The topological polar surface area (TPSA) is 83.1 Å². The molecule has 2 aromatic rings. The summed E-state index contributed by atoms with van der Waals surface area (Å²) in [4.78, 5) is 9.20. The highest BCUT2D eigenvalue weighted by molar-refractivity contribution is 8.13. The highest BCUT2D eigenvalue weighted by Crippen LogP contribution is 2.19. The van der Waals surface area contributed by atoms with Crippen LogP contribution in [0.25, 0.3) is 0 Å². The number of nitriles is 1. The van der Waals surface area contributed by atoms with Gasteiger partial charge >= 0.3 is 0 Å². The van der Waals surface area contributed by atoms with Gasteiger partial charge in [0.25, 0.3) is 0 Å². The van der Waals surface area contributed by atoms with Gasteiger partial charge in [0.2, 0.25) is 0 Å². The Hall–Kier alpha value is -2.11. The molecule has 0 spiro atoms. The fourth-order valence-electron chi connectivity index (χ4n) is 2.09. The second-order valence-electron chi connectivity index (χ2n) is 4.92. The fourth-order valence-corrected chi connectivity index (χ4v) is 3.55. The zero-order valence-electron chi connectivity index (χ0n) is 13.6. The van der Waals surface area contributed by atoms with Gasteiger partial charge in [0.1, 0.15) is 0 Å². The van der Waals surface area contributed by atoms with E-state index in [2.05, 4.69) is 22.2 Å². The van der Waals surface area contributed by atoms with Crippen LogP contribution in [0, 0.1) is 11.5 Å². The van der Waals surface area contributed by atoms with Crippen LogP contribution < -0.4 is 5.32 Å². The number of thioether (sulfide) groups is 1. The average molecular weight is 361 g/mol. The Morgan fingerprint density at radius 3 is 2.83 bits per heavy atom. The van der Waals surface area contributed by atoms with Gasteiger partial charge in [0, 0.05) is 17.6 Å². The Morgan fingerprint density at radius 1 is 1.46 bits per heavy atom. The zero-order valence-corrected chi connectivity index (χ0v) is 15.2. The van der Waals surface area contributed by atoms with Crippen molar-refractivity contribution >= 4 is 33.4 Å². The first-order valence-corrected chi connectivity index (χ1v) is 9.97. The lowest BCUT2D eigenvalue weighted by molar-refractivity contribution is 0.652. The molecule has 1 aromatic carbocycles. The van der Waals surface area contributed by atoms with Crippen molar-refractivity contribution in [3.63, 3.8) is 0 Å². The summed E-state index contributed by atoms with van der Waals surface area (Å²) in [5, 5.41) is 11.7. The third-order valence-corrected chi connectivity index (χ3v) is 5.16. The van der Waals surface area contributed by atoms with E-state index in [4.69, 9.17) is 5.26 Å². The summed E-state index contributed by atoms with van der Waals surface area (Å²) in [6.45, 7) is 2.98. The average Bonchev–Trinajstić information content (AvgIpc) is 3.02. The maximum absolute atomic E-state index is 12.5. The molecule has 126 valence electrons. The van der Waals surface area contributed by atoms with Crippen LogP contribution in [0.15, 0.2) is 46.7 Å². The number of hydrogen-bond donors (Lipinski definition) is 1. The summed E-state index contributed by atoms with van der Waals surface area (Å²) in [6, 6.07) is 7.21. The van der Waals surface area contributed by atoms with E-state index in [0.717, 1.165) is 23.6 Å². The summed E-state index contributed by atoms with van der Waals surface area (Å²) < 4.78 is 14.6. The summed E-state index contributed by atoms with van der Waals surface area (Å²) in [7, 11) is -1.14. The number of hydrogen-bond acceptors (Lipinski definition) is 5. The third-order valence-electron chi connectivity index (χ3n) is 3.23. The smallest absolute Gasteiger partial charge is 0.183 e. The van der Waals surface area contributed by atoms with Crippen LogP contribution >= 0.6 is 11.8 Å². The monoisotopic (exact) mass is 361 g/mol. The van der Waals surface area contributed by atoms with Crippen LogP contribution in [0.3, 0.4) is 0 Å². The molecule has 8 heteroatoms. The van der Waals surface area contributed by atoms with E-state index in [9.17, 15) is 4.21 Å². The SMILES string of the molecule is CCCn1cncc1CS(=O)c1ccc(N=C(NC#N)SC)cc1. The fraction of sp³-hybridized carbons (Fsp3) is 0.312. The van der Waals surface area contributed by atoms with E-state index >= 15 is 0 Å². The van der Waals surface area contributed by atoms with Crippen molar-refractivity contribution < 1.29 is 4.21 Å². The molecular formula is C16H19N5OS2. The lowest BCUT2D eigenvalue weighted by Crippen LogP contribution is -2.12. The van der Waals surface area contributed by atoms with E-state index in [1.54, 1.807) is 36.8 Å². The van der Waals surface area contributed by atoms with Crippen molar-refractivity contribution in [3.8, 4) is 6.19 Å². The molecule has 0 radical (unpaired) electrons. The molecule has 1 aromatic heterocycles. The van der Waals surface area contributed by atoms with E-state index in [1.807, 2.05) is 17.0 Å². The van der Waals surface area contributed by atoms with Gasteiger partial charge in [-0.15, -0.1) is 0 Å². The maximum atomic E-state index is 12.5. The molecule has 1 atom stereocenters. The quantitative estimate of drug-likeness (QED) is 0.370. The third kappa shape index (κ3) is 4.94. The van der Waals surface area contributed by atoms with Gasteiger partial charge in [-0.05, 0) is 36.9 Å². The summed E-state index contributed by atoms with van der Waals surface area (Å²) >= 11 is 1.36. The Balaban J connectivity index is 2.08. The van der Waals surface area contributed by atoms with Gasteiger partial charge in [-0.3, -0.25) is 9.53 Å². The van der Waals surface area contributed by atoms with Crippen LogP contribution in [0.2, 0.25) is 0 Å². The largest absolute Gasteiger partial charge is 0.334 e. The van der Waals surface area contributed by atoms with Crippen LogP contribution in [0.1, 0.15) is 19.0 Å². The standard InChI is InChI=1S/C16H19N5OS2/c1-3-8-21-12-18-9-14(21)10-24(22)15-6-4-13(5-7-15)20-16(23-2)19-11-17/h4-7,9,12H,3,8,10H2,1-2H3,(H,19,20). The molecule has 1 unspecified atom stereocenters. The summed E-state index contributed by atoms with van der Waals surface area (Å²) in [5.41, 5.74) is 1.68. The summed E-state index contributed by atoms with van der Waals surface area (Å²) in [5.74, 6) is 0.439. The normalized spacial score (nSPS) is 12.6. The van der Waals surface area contributed by atoms with Gasteiger partial charge in [0.15, 0.2) is 11.4 Å². The Kier molecular flexibility index (Phi) is 7.03. The van der Waals surface area contributed by atoms with Gasteiger partial charge in [-0.2, -0.15) is 5.26 Å². The molecule has 0 amide bonds. The van der Waals surface area contributed by atoms with Gasteiger partial charge in [-0.1, -0.05) is 18.7 Å². The van der Waals surface area contributed by atoms with Crippen molar-refractivity contribution in [3.05, 3.63) is 42.5 Å². The number of imidazole rings is 1. The Morgan fingerprint density at radius 2 is 2.21 bits per heavy atom. The minimum atomic E-state index is -1.14. The number of aromatic nitrogens is 2. The zero-order chi connectivity index (χ0) is 17.4. The molecular weight excluding hydrogens is 342 g/mol. The number of aryl methyl sites for hydroxylation is 1. The van der Waals surface area contributed by atoms with E-state index in [-0.39, 0.29) is 0 Å². The number of benzene rings is 1. The highest BCUT2D eigenvalue weighted by Gasteiger charge is 2.09. The molecule has 2 rings (SSSR count). The van der Waals surface area contributed by atoms with Crippen LogP contribution in [-0.2, 0) is 23.1 Å². The van der Waals surface area contributed by atoms with Crippen LogP contribution in [-0.4, -0.2) is 25.2 Å². The molecule has 0 aliphatic heterocycles. The first kappa shape index (κ1) is 18.2. The molecule has 0 aliphatic rings. The minimum absolute atomic E-state index is 0.439. The number of rotatable bonds is 6. The second kappa shape index (κ2) is 9.25. The van der Waals surface area contributed by atoms with Crippen molar-refractivity contribution in [1.82, 2.24) is 14.9 Å². The molecule has 1 N–H and O–H groups in total. The van der Waals surface area contributed by atoms with Gasteiger partial charge < -0.3 is 4.57 Å². The number of nitrogens with zero attached hydrogens (tertiary/aromatic N) is 4. The van der Waals surface area contributed by atoms with E-state index < -0.39 is 10.8 Å². The van der Waals surface area contributed by atoms with Crippen molar-refractivity contribution in [2.45, 2.75) is 30.5 Å². The summed E-state index contributed by atoms with van der Waals surface area (Å²) in [6.07, 6.45) is 8.25. The molecule has 0 saturated heterocycles. The Labute approximate surface area is 148 Å². The highest BCUT2D eigenvalue weighted by atomic mass is 32.2. The van der Waals surface area contributed by atoms with Crippen molar-refractivity contribution in [2.75, 3.05) is 6.26 Å². The second-order valence-corrected chi connectivity index (χ2v) is 7.17. The van der Waals surface area contributed by atoms with Crippen molar-refractivity contribution in [2.24, 2.45) is 4.99 Å². The molecule has 0 aliphatic carbocycles. The lowest BCUT2D eigenvalue weighted by atomic mass is 10.3. The van der Waals surface area contributed by atoms with Crippen LogP contribution in [0.5, 0.6) is 0 Å². The van der Waals surface area contributed by atoms with Crippen LogP contribution in [0.4, 0.5) is 5.69 Å². The lowest BCUT2D eigenvalue weighted by Gasteiger charge is -2.07. The predicted molar refractivity (Wildman–Crippen MR) is 98.4 cm³/mol. The molecule has 0 bridgehead atoms. The van der Waals surface area contributed by atoms with Crippen molar-refractivity contribution in [1.29, 1.82) is 5.26 Å². The number of amidine groups is 1. The van der Waals surface area contributed by atoms with E-state index in [1.165, 1.54) is 11.8 Å². The molecule has 0 fully saturated rings. The Bertz CT molecular complexity index is 762. The molecule has 6 nitrogen and oxygen atoms in total. The first-order valence-electron chi connectivity index (χ1n) is 7.43. The van der Waals surface area contributed by atoms with E-state index in [0.29, 0.717) is 16.6 Å². The number of nitrogens with one attached hydrogen (secondary N) is 1. The molecule has 0 saturated carbocycles. The number of aliphatic imine (C=N–C) groups is 1. The first-order chi connectivity index (χ1) is 11.7. The molecule has 24 heavy (non-hydrogen) atoms. The minimum Gasteiger partial charge on any atom is -0.334 e. The molecule has 1 heterocycles. The van der Waals surface area contributed by atoms with Gasteiger partial charge in [0.05, 0.1) is 34.3 Å². The maximum Gasteiger partial charge on any atom is 0.183 e.